The molecule has 0 unspecified atom stereocenters. The number of hydrogen-bond acceptors (Lipinski definition) is 3. The first-order valence-electron chi connectivity index (χ1n) is 5.15. The summed E-state index contributed by atoms with van der Waals surface area (Å²) in [5.41, 5.74) is 7.73. The van der Waals surface area contributed by atoms with Crippen LogP contribution in [0.3, 0.4) is 0 Å². The zero-order valence-electron chi connectivity index (χ0n) is 9.25. The number of imidazole rings is 1. The van der Waals surface area contributed by atoms with Crippen LogP contribution in [0, 0.1) is 0 Å². The monoisotopic (exact) mass is 299 g/mol. The highest BCUT2D eigenvalue weighted by molar-refractivity contribution is 9.10. The van der Waals surface area contributed by atoms with Crippen LogP contribution in [0.5, 0.6) is 0 Å². The molecule has 2 aromatic heterocycles. The third-order valence-corrected chi connectivity index (χ3v) is 4.05. The van der Waals surface area contributed by atoms with Crippen molar-refractivity contribution < 1.29 is 0 Å². The summed E-state index contributed by atoms with van der Waals surface area (Å²) >= 11 is 5.13. The Morgan fingerprint density at radius 1 is 1.56 bits per heavy atom. The number of thiophene rings is 1. The van der Waals surface area contributed by atoms with Crippen LogP contribution in [0.25, 0.3) is 10.6 Å². The number of rotatable bonds is 3. The number of hydrogen-bond donors (Lipinski definition) is 2. The summed E-state index contributed by atoms with van der Waals surface area (Å²) in [4.78, 5) is 9.06. The van der Waals surface area contributed by atoms with Gasteiger partial charge in [0.05, 0.1) is 10.6 Å². The Balaban J connectivity index is 2.47. The van der Waals surface area contributed by atoms with Gasteiger partial charge in [-0.25, -0.2) is 4.98 Å². The van der Waals surface area contributed by atoms with Gasteiger partial charge in [0.1, 0.15) is 11.5 Å². The SMILES string of the molecule is CC(C)c1nc(-c2cc(Br)cs2)c(CN)[nH]1. The fraction of sp³-hybridized carbons (Fsp3) is 0.364. The normalized spacial score (nSPS) is 11.3. The molecule has 0 radical (unpaired) electrons. The Bertz CT molecular complexity index is 487. The quantitative estimate of drug-likeness (QED) is 0.911. The molecule has 0 spiro atoms. The van der Waals surface area contributed by atoms with E-state index in [2.05, 4.69) is 51.2 Å². The number of halogens is 1. The minimum atomic E-state index is 0.391. The second kappa shape index (κ2) is 4.69. The van der Waals surface area contributed by atoms with Crippen molar-refractivity contribution in [2.45, 2.75) is 26.3 Å². The lowest BCUT2D eigenvalue weighted by atomic mass is 10.2. The maximum atomic E-state index is 5.73. The summed E-state index contributed by atoms with van der Waals surface area (Å²) in [5.74, 6) is 1.39. The molecule has 3 nitrogen and oxygen atoms in total. The molecule has 0 aliphatic rings. The van der Waals surface area contributed by atoms with Crippen molar-refractivity contribution >= 4 is 27.3 Å². The molecule has 0 saturated heterocycles. The molecule has 0 atom stereocenters. The van der Waals surface area contributed by atoms with Crippen LogP contribution in [0.15, 0.2) is 15.9 Å². The van der Waals surface area contributed by atoms with Crippen molar-refractivity contribution in [3.05, 3.63) is 27.4 Å². The average molecular weight is 300 g/mol. The molecule has 86 valence electrons. The number of aromatic nitrogens is 2. The van der Waals surface area contributed by atoms with E-state index in [9.17, 15) is 0 Å². The third-order valence-electron chi connectivity index (χ3n) is 2.35. The third kappa shape index (κ3) is 2.21. The first-order valence-corrected chi connectivity index (χ1v) is 6.82. The van der Waals surface area contributed by atoms with Gasteiger partial charge in [0, 0.05) is 22.3 Å². The molecule has 3 N–H and O–H groups in total. The van der Waals surface area contributed by atoms with E-state index in [1.165, 1.54) is 0 Å². The molecule has 0 aliphatic carbocycles. The summed E-state index contributed by atoms with van der Waals surface area (Å²) < 4.78 is 1.09. The summed E-state index contributed by atoms with van der Waals surface area (Å²) in [6.07, 6.45) is 0. The summed E-state index contributed by atoms with van der Waals surface area (Å²) in [7, 11) is 0. The van der Waals surface area contributed by atoms with E-state index in [0.29, 0.717) is 12.5 Å². The van der Waals surface area contributed by atoms with Gasteiger partial charge in [-0.3, -0.25) is 0 Å². The van der Waals surface area contributed by atoms with E-state index < -0.39 is 0 Å². The van der Waals surface area contributed by atoms with Gasteiger partial charge in [-0.15, -0.1) is 11.3 Å². The smallest absolute Gasteiger partial charge is 0.109 e. The lowest BCUT2D eigenvalue weighted by Gasteiger charge is -1.96. The molecule has 2 rings (SSSR count). The number of nitrogens with zero attached hydrogens (tertiary/aromatic N) is 1. The largest absolute Gasteiger partial charge is 0.344 e. The highest BCUT2D eigenvalue weighted by Crippen LogP contribution is 2.31. The fourth-order valence-corrected chi connectivity index (χ4v) is 2.94. The summed E-state index contributed by atoms with van der Waals surface area (Å²) in [6, 6.07) is 2.07. The molecular weight excluding hydrogens is 286 g/mol. The number of nitrogens with two attached hydrogens (primary N) is 1. The predicted molar refractivity (Wildman–Crippen MR) is 71.6 cm³/mol. The van der Waals surface area contributed by atoms with Crippen LogP contribution < -0.4 is 5.73 Å². The van der Waals surface area contributed by atoms with Gasteiger partial charge in [-0.05, 0) is 22.0 Å². The second-order valence-corrected chi connectivity index (χ2v) is 5.76. The number of aromatic amines is 1. The Labute approximate surface area is 107 Å². The fourth-order valence-electron chi connectivity index (χ4n) is 1.49. The average Bonchev–Trinajstić information content (AvgIpc) is 2.82. The maximum absolute atomic E-state index is 5.73. The van der Waals surface area contributed by atoms with E-state index >= 15 is 0 Å². The highest BCUT2D eigenvalue weighted by atomic mass is 79.9. The van der Waals surface area contributed by atoms with Gasteiger partial charge >= 0.3 is 0 Å². The molecule has 0 fully saturated rings. The second-order valence-electron chi connectivity index (χ2n) is 3.94. The molecule has 5 heteroatoms. The predicted octanol–water partition coefficient (Wildman–Crippen LogP) is 3.48. The maximum Gasteiger partial charge on any atom is 0.109 e. The zero-order chi connectivity index (χ0) is 11.7. The summed E-state index contributed by atoms with van der Waals surface area (Å²) in [6.45, 7) is 4.73. The van der Waals surface area contributed by atoms with E-state index in [4.69, 9.17) is 5.73 Å². The molecule has 0 bridgehead atoms. The van der Waals surface area contributed by atoms with Gasteiger partial charge in [0.25, 0.3) is 0 Å². The Morgan fingerprint density at radius 2 is 2.31 bits per heavy atom. The topological polar surface area (TPSA) is 54.7 Å². The van der Waals surface area contributed by atoms with Gasteiger partial charge in [-0.2, -0.15) is 0 Å². The van der Waals surface area contributed by atoms with Gasteiger partial charge in [0.2, 0.25) is 0 Å². The van der Waals surface area contributed by atoms with Crippen LogP contribution in [0.1, 0.15) is 31.3 Å². The van der Waals surface area contributed by atoms with Crippen LogP contribution in [-0.4, -0.2) is 9.97 Å². The minimum absolute atomic E-state index is 0.391. The minimum Gasteiger partial charge on any atom is -0.344 e. The van der Waals surface area contributed by atoms with E-state index in [1.807, 2.05) is 0 Å². The first kappa shape index (κ1) is 11.8. The van der Waals surface area contributed by atoms with Gasteiger partial charge < -0.3 is 10.7 Å². The molecular formula is C11H14BrN3S. The van der Waals surface area contributed by atoms with Crippen molar-refractivity contribution in [3.63, 3.8) is 0 Å². The van der Waals surface area contributed by atoms with Gasteiger partial charge in [0.15, 0.2) is 0 Å². The van der Waals surface area contributed by atoms with Gasteiger partial charge in [-0.1, -0.05) is 13.8 Å². The molecule has 2 aromatic rings. The lowest BCUT2D eigenvalue weighted by Crippen LogP contribution is -1.98. The molecule has 2 heterocycles. The first-order chi connectivity index (χ1) is 7.61. The number of H-pyrrole nitrogens is 1. The molecule has 0 aromatic carbocycles. The van der Waals surface area contributed by atoms with Crippen molar-refractivity contribution in [3.8, 4) is 10.6 Å². The Morgan fingerprint density at radius 3 is 2.81 bits per heavy atom. The van der Waals surface area contributed by atoms with Crippen LogP contribution >= 0.6 is 27.3 Å². The van der Waals surface area contributed by atoms with Crippen molar-refractivity contribution in [2.24, 2.45) is 5.73 Å². The molecule has 0 saturated carbocycles. The zero-order valence-corrected chi connectivity index (χ0v) is 11.7. The van der Waals surface area contributed by atoms with E-state index in [0.717, 1.165) is 26.6 Å². The van der Waals surface area contributed by atoms with E-state index in [-0.39, 0.29) is 0 Å². The molecule has 16 heavy (non-hydrogen) atoms. The Hall–Kier alpha value is -0.650. The standard InChI is InChI=1S/C11H14BrN3S/c1-6(2)11-14-8(4-13)10(15-11)9-3-7(12)5-16-9/h3,5-6H,4,13H2,1-2H3,(H,14,15). The van der Waals surface area contributed by atoms with Crippen molar-refractivity contribution in [1.29, 1.82) is 0 Å². The molecule has 0 aliphatic heterocycles. The highest BCUT2D eigenvalue weighted by Gasteiger charge is 2.14. The molecule has 0 amide bonds. The van der Waals surface area contributed by atoms with Crippen LogP contribution in [-0.2, 0) is 6.54 Å². The number of nitrogens with one attached hydrogen (secondary N) is 1. The van der Waals surface area contributed by atoms with Crippen LogP contribution in [0.2, 0.25) is 0 Å². The van der Waals surface area contributed by atoms with Crippen molar-refractivity contribution in [2.75, 3.05) is 0 Å². The Kier molecular flexibility index (Phi) is 3.47. The van der Waals surface area contributed by atoms with E-state index in [1.54, 1.807) is 11.3 Å². The van der Waals surface area contributed by atoms with Crippen molar-refractivity contribution in [1.82, 2.24) is 9.97 Å². The van der Waals surface area contributed by atoms with Crippen LogP contribution in [0.4, 0.5) is 0 Å². The lowest BCUT2D eigenvalue weighted by molar-refractivity contribution is 0.788. The summed E-state index contributed by atoms with van der Waals surface area (Å²) in [5, 5.41) is 2.05.